The molecule has 0 saturated heterocycles. The molecule has 3 aromatic rings. The van der Waals surface area contributed by atoms with Crippen molar-refractivity contribution in [2.75, 3.05) is 5.32 Å². The van der Waals surface area contributed by atoms with E-state index in [1.807, 2.05) is 0 Å². The Kier molecular flexibility index (Phi) is 5.53. The van der Waals surface area contributed by atoms with Gasteiger partial charge < -0.3 is 10.1 Å². The number of amides is 1. The van der Waals surface area contributed by atoms with Gasteiger partial charge in [-0.3, -0.25) is 9.48 Å². The maximum atomic E-state index is 12.9. The molecule has 1 aromatic heterocycles. The third-order valence-corrected chi connectivity index (χ3v) is 4.43. The summed E-state index contributed by atoms with van der Waals surface area (Å²) in [5.41, 5.74) is -0.596. The second-order valence-corrected chi connectivity index (χ2v) is 6.49. The Labute approximate surface area is 167 Å². The maximum absolute atomic E-state index is 12.9. The number of carbonyl (C=O) groups excluding carboxylic acids is 1. The summed E-state index contributed by atoms with van der Waals surface area (Å²) in [5, 5.41) is 6.98. The summed E-state index contributed by atoms with van der Waals surface area (Å²) in [6.07, 6.45) is -3.15. The van der Waals surface area contributed by atoms with Gasteiger partial charge in [-0.1, -0.05) is 35.3 Å². The van der Waals surface area contributed by atoms with E-state index in [0.29, 0.717) is 0 Å². The zero-order chi connectivity index (χ0) is 20.5. The Morgan fingerprint density at radius 3 is 2.61 bits per heavy atom. The second kappa shape index (κ2) is 7.73. The standard InChI is InChI=1S/C18H12Cl2F3N3O2/c1-26-9-12(16(27)24-14-7-3-6-13(19)15(14)20)17(25-26)28-11-5-2-4-10(8-11)18(21,22)23/h2-9H,1H3,(H,24,27). The van der Waals surface area contributed by atoms with Crippen molar-refractivity contribution in [1.29, 1.82) is 0 Å². The number of halogens is 5. The fourth-order valence-corrected chi connectivity index (χ4v) is 2.68. The number of aryl methyl sites for hydroxylation is 1. The van der Waals surface area contributed by atoms with Gasteiger partial charge in [0.15, 0.2) is 0 Å². The van der Waals surface area contributed by atoms with Crippen LogP contribution in [-0.4, -0.2) is 15.7 Å². The summed E-state index contributed by atoms with van der Waals surface area (Å²) in [7, 11) is 1.54. The molecule has 1 N–H and O–H groups in total. The van der Waals surface area contributed by atoms with Crippen LogP contribution in [0.2, 0.25) is 10.0 Å². The van der Waals surface area contributed by atoms with Crippen LogP contribution < -0.4 is 10.1 Å². The van der Waals surface area contributed by atoms with Gasteiger partial charge in [-0.25, -0.2) is 0 Å². The highest BCUT2D eigenvalue weighted by Crippen LogP contribution is 2.34. The Hall–Kier alpha value is -2.71. The van der Waals surface area contributed by atoms with Gasteiger partial charge in [-0.05, 0) is 30.3 Å². The Morgan fingerprint density at radius 1 is 1.18 bits per heavy atom. The van der Waals surface area contributed by atoms with Crippen LogP contribution in [-0.2, 0) is 13.2 Å². The lowest BCUT2D eigenvalue weighted by atomic mass is 10.2. The van der Waals surface area contributed by atoms with Crippen molar-refractivity contribution >= 4 is 34.8 Å². The van der Waals surface area contributed by atoms with E-state index in [2.05, 4.69) is 10.4 Å². The van der Waals surface area contributed by atoms with Gasteiger partial charge in [0, 0.05) is 13.2 Å². The summed E-state index contributed by atoms with van der Waals surface area (Å²) in [6.45, 7) is 0. The van der Waals surface area contributed by atoms with E-state index >= 15 is 0 Å². The van der Waals surface area contributed by atoms with E-state index in [1.165, 1.54) is 23.0 Å². The maximum Gasteiger partial charge on any atom is 0.416 e. The van der Waals surface area contributed by atoms with Crippen LogP contribution in [0.3, 0.4) is 0 Å². The first-order chi connectivity index (χ1) is 13.1. The predicted octanol–water partition coefficient (Wildman–Crippen LogP) is 5.79. The topological polar surface area (TPSA) is 56.2 Å². The van der Waals surface area contributed by atoms with Crippen LogP contribution in [0.5, 0.6) is 11.6 Å². The Morgan fingerprint density at radius 2 is 1.89 bits per heavy atom. The molecule has 1 heterocycles. The molecule has 3 rings (SSSR count). The fraction of sp³-hybridized carbons (Fsp3) is 0.111. The van der Waals surface area contributed by atoms with Gasteiger partial charge in [-0.2, -0.15) is 13.2 Å². The van der Waals surface area contributed by atoms with Gasteiger partial charge in [0.1, 0.15) is 11.3 Å². The minimum atomic E-state index is -4.52. The number of anilines is 1. The number of benzene rings is 2. The summed E-state index contributed by atoms with van der Waals surface area (Å²) in [4.78, 5) is 12.6. The summed E-state index contributed by atoms with van der Waals surface area (Å²) in [5.74, 6) is -0.875. The molecule has 0 atom stereocenters. The minimum Gasteiger partial charge on any atom is -0.437 e. The number of alkyl halides is 3. The van der Waals surface area contributed by atoms with Crippen molar-refractivity contribution in [1.82, 2.24) is 9.78 Å². The normalized spacial score (nSPS) is 11.4. The minimum absolute atomic E-state index is 0.0101. The first-order valence-electron chi connectivity index (χ1n) is 7.79. The first-order valence-corrected chi connectivity index (χ1v) is 8.55. The molecule has 0 aliphatic heterocycles. The zero-order valence-corrected chi connectivity index (χ0v) is 15.7. The lowest BCUT2D eigenvalue weighted by molar-refractivity contribution is -0.137. The number of rotatable bonds is 4. The SMILES string of the molecule is Cn1cc(C(=O)Nc2cccc(Cl)c2Cl)c(Oc2cccc(C(F)(F)F)c2)n1. The molecule has 2 aromatic carbocycles. The van der Waals surface area contributed by atoms with Crippen molar-refractivity contribution in [3.8, 4) is 11.6 Å². The number of hydrogen-bond acceptors (Lipinski definition) is 3. The van der Waals surface area contributed by atoms with Crippen LogP contribution in [0.15, 0.2) is 48.7 Å². The monoisotopic (exact) mass is 429 g/mol. The molecule has 5 nitrogen and oxygen atoms in total. The van der Waals surface area contributed by atoms with Crippen molar-refractivity contribution < 1.29 is 22.7 Å². The zero-order valence-electron chi connectivity index (χ0n) is 14.2. The van der Waals surface area contributed by atoms with Crippen LogP contribution in [0, 0.1) is 0 Å². The van der Waals surface area contributed by atoms with Gasteiger partial charge in [-0.15, -0.1) is 5.10 Å². The third-order valence-electron chi connectivity index (χ3n) is 3.62. The molecule has 1 amide bonds. The van der Waals surface area contributed by atoms with E-state index < -0.39 is 17.6 Å². The highest BCUT2D eigenvalue weighted by Gasteiger charge is 2.31. The molecule has 0 aliphatic rings. The molecular formula is C18H12Cl2F3N3O2. The molecule has 0 unspecified atom stereocenters. The number of nitrogens with zero attached hydrogens (tertiary/aromatic N) is 2. The quantitative estimate of drug-likeness (QED) is 0.570. The van der Waals surface area contributed by atoms with Crippen molar-refractivity contribution in [2.24, 2.45) is 7.05 Å². The molecule has 0 saturated carbocycles. The molecule has 0 fully saturated rings. The molecular weight excluding hydrogens is 418 g/mol. The lowest BCUT2D eigenvalue weighted by Crippen LogP contribution is -2.12. The largest absolute Gasteiger partial charge is 0.437 e. The first kappa shape index (κ1) is 20.0. The van der Waals surface area contributed by atoms with Crippen LogP contribution in [0.4, 0.5) is 18.9 Å². The molecule has 0 spiro atoms. The van der Waals surface area contributed by atoms with Crippen molar-refractivity contribution in [3.63, 3.8) is 0 Å². The highest BCUT2D eigenvalue weighted by molar-refractivity contribution is 6.44. The molecule has 0 radical (unpaired) electrons. The second-order valence-electron chi connectivity index (χ2n) is 5.70. The van der Waals surface area contributed by atoms with E-state index in [1.54, 1.807) is 25.2 Å². The van der Waals surface area contributed by atoms with Gasteiger partial charge in [0.25, 0.3) is 11.8 Å². The number of hydrogen-bond donors (Lipinski definition) is 1. The number of aromatic nitrogens is 2. The Balaban J connectivity index is 1.87. The average Bonchev–Trinajstić information content (AvgIpc) is 2.99. The molecule has 146 valence electrons. The third kappa shape index (κ3) is 4.40. The summed E-state index contributed by atoms with van der Waals surface area (Å²) < 4.78 is 45.3. The fourth-order valence-electron chi connectivity index (χ4n) is 2.34. The van der Waals surface area contributed by atoms with E-state index in [4.69, 9.17) is 27.9 Å². The molecule has 0 aliphatic carbocycles. The van der Waals surface area contributed by atoms with Crippen LogP contribution in [0.1, 0.15) is 15.9 Å². The Bertz CT molecular complexity index is 1040. The smallest absolute Gasteiger partial charge is 0.416 e. The summed E-state index contributed by atoms with van der Waals surface area (Å²) in [6, 6.07) is 8.99. The average molecular weight is 430 g/mol. The van der Waals surface area contributed by atoms with E-state index in [9.17, 15) is 18.0 Å². The molecule has 10 heteroatoms. The number of carbonyl (C=O) groups is 1. The van der Waals surface area contributed by atoms with Crippen LogP contribution >= 0.6 is 23.2 Å². The van der Waals surface area contributed by atoms with Gasteiger partial charge in [0.2, 0.25) is 0 Å². The van der Waals surface area contributed by atoms with Crippen LogP contribution in [0.25, 0.3) is 0 Å². The van der Waals surface area contributed by atoms with Gasteiger partial charge >= 0.3 is 6.18 Å². The number of ether oxygens (including phenoxy) is 1. The van der Waals surface area contributed by atoms with Gasteiger partial charge in [0.05, 0.1) is 21.3 Å². The number of nitrogens with one attached hydrogen (secondary N) is 1. The van der Waals surface area contributed by atoms with Crippen molar-refractivity contribution in [2.45, 2.75) is 6.18 Å². The molecule has 0 bridgehead atoms. The van der Waals surface area contributed by atoms with E-state index in [-0.39, 0.29) is 32.9 Å². The summed E-state index contributed by atoms with van der Waals surface area (Å²) >= 11 is 12.0. The highest BCUT2D eigenvalue weighted by atomic mass is 35.5. The lowest BCUT2D eigenvalue weighted by Gasteiger charge is -2.10. The molecule has 28 heavy (non-hydrogen) atoms. The van der Waals surface area contributed by atoms with E-state index in [0.717, 1.165) is 12.1 Å². The van der Waals surface area contributed by atoms with Crippen molar-refractivity contribution in [3.05, 3.63) is 69.8 Å². The predicted molar refractivity (Wildman–Crippen MR) is 99.1 cm³/mol.